The van der Waals surface area contributed by atoms with Gasteiger partial charge < -0.3 is 4.90 Å². The lowest BCUT2D eigenvalue weighted by Crippen LogP contribution is -2.36. The minimum Gasteiger partial charge on any atom is -0.339 e. The van der Waals surface area contributed by atoms with Crippen molar-refractivity contribution in [2.45, 2.75) is 40.0 Å². The van der Waals surface area contributed by atoms with Crippen LogP contribution in [0.15, 0.2) is 36.4 Å². The summed E-state index contributed by atoms with van der Waals surface area (Å²) in [7, 11) is 0. The zero-order valence-corrected chi connectivity index (χ0v) is 17.4. The molecule has 2 aromatic carbocycles. The summed E-state index contributed by atoms with van der Waals surface area (Å²) in [6, 6.07) is 11.9. The van der Waals surface area contributed by atoms with Gasteiger partial charge in [0.05, 0.1) is 16.8 Å². The number of pyridine rings is 1. The molecule has 1 fully saturated rings. The summed E-state index contributed by atoms with van der Waals surface area (Å²) in [6.07, 6.45) is 3.35. The van der Waals surface area contributed by atoms with E-state index in [0.717, 1.165) is 70.3 Å². The quantitative estimate of drug-likeness (QED) is 0.527. The third-order valence-corrected chi connectivity index (χ3v) is 5.86. The first-order valence-electron chi connectivity index (χ1n) is 9.92. The number of rotatable bonds is 2. The summed E-state index contributed by atoms with van der Waals surface area (Å²) in [5.74, 6) is 0.123. The molecule has 1 saturated heterocycles. The third-order valence-electron chi connectivity index (χ3n) is 5.62. The van der Waals surface area contributed by atoms with Crippen molar-refractivity contribution in [2.75, 3.05) is 13.1 Å². The van der Waals surface area contributed by atoms with Crippen LogP contribution in [0.2, 0.25) is 5.02 Å². The number of carbonyl (C=O) groups is 1. The summed E-state index contributed by atoms with van der Waals surface area (Å²) in [5, 5.41) is 1.62. The average molecular weight is 393 g/mol. The molecule has 28 heavy (non-hydrogen) atoms. The van der Waals surface area contributed by atoms with E-state index in [0.29, 0.717) is 5.02 Å². The number of halogens is 1. The minimum atomic E-state index is 0.123. The largest absolute Gasteiger partial charge is 0.339 e. The SMILES string of the molecule is Cc1cc(C)c2nc(-c3cccc(Cl)c3)c(C)c(C(=O)N3CCCCC3)c2c1. The van der Waals surface area contributed by atoms with Crippen molar-refractivity contribution in [1.29, 1.82) is 0 Å². The number of amides is 1. The highest BCUT2D eigenvalue weighted by molar-refractivity contribution is 6.30. The van der Waals surface area contributed by atoms with E-state index in [2.05, 4.69) is 26.0 Å². The van der Waals surface area contributed by atoms with Crippen LogP contribution < -0.4 is 0 Å². The highest BCUT2D eigenvalue weighted by Gasteiger charge is 2.25. The number of likely N-dealkylation sites (tertiary alicyclic amines) is 1. The Labute approximate surface area is 171 Å². The topological polar surface area (TPSA) is 33.2 Å². The van der Waals surface area contributed by atoms with E-state index >= 15 is 0 Å². The Morgan fingerprint density at radius 3 is 2.50 bits per heavy atom. The molecule has 3 aromatic rings. The minimum absolute atomic E-state index is 0.123. The molecule has 0 atom stereocenters. The van der Waals surface area contributed by atoms with Crippen molar-refractivity contribution < 1.29 is 4.79 Å². The molecular formula is C24H25ClN2O. The van der Waals surface area contributed by atoms with Crippen LogP contribution in [-0.2, 0) is 0 Å². The number of nitrogens with zero attached hydrogens (tertiary/aromatic N) is 2. The fourth-order valence-corrected chi connectivity index (χ4v) is 4.45. The summed E-state index contributed by atoms with van der Waals surface area (Å²) in [6.45, 7) is 7.81. The van der Waals surface area contributed by atoms with Crippen molar-refractivity contribution in [2.24, 2.45) is 0 Å². The second-order valence-electron chi connectivity index (χ2n) is 7.80. The fourth-order valence-electron chi connectivity index (χ4n) is 4.26. The number of piperidine rings is 1. The second-order valence-corrected chi connectivity index (χ2v) is 8.24. The molecule has 4 heteroatoms. The first-order valence-corrected chi connectivity index (χ1v) is 10.3. The first kappa shape index (κ1) is 18.9. The highest BCUT2D eigenvalue weighted by atomic mass is 35.5. The van der Waals surface area contributed by atoms with E-state index in [-0.39, 0.29) is 5.91 Å². The van der Waals surface area contributed by atoms with Gasteiger partial charge in [-0.05, 0) is 69.4 Å². The second kappa shape index (κ2) is 7.56. The van der Waals surface area contributed by atoms with Gasteiger partial charge in [-0.15, -0.1) is 0 Å². The predicted molar refractivity (Wildman–Crippen MR) is 116 cm³/mol. The van der Waals surface area contributed by atoms with E-state index in [1.54, 1.807) is 0 Å². The van der Waals surface area contributed by atoms with Crippen molar-refractivity contribution in [3.05, 3.63) is 63.7 Å². The average Bonchev–Trinajstić information content (AvgIpc) is 2.68. The van der Waals surface area contributed by atoms with Crippen LogP contribution in [0, 0.1) is 20.8 Å². The number of carbonyl (C=O) groups excluding carboxylic acids is 1. The van der Waals surface area contributed by atoms with Crippen LogP contribution in [0.25, 0.3) is 22.2 Å². The van der Waals surface area contributed by atoms with Gasteiger partial charge in [0.1, 0.15) is 0 Å². The molecule has 144 valence electrons. The summed E-state index contributed by atoms with van der Waals surface area (Å²) in [4.78, 5) is 20.6. The van der Waals surface area contributed by atoms with Crippen LogP contribution in [0.3, 0.4) is 0 Å². The number of aryl methyl sites for hydroxylation is 2. The van der Waals surface area contributed by atoms with Crippen LogP contribution in [0.4, 0.5) is 0 Å². The zero-order valence-electron chi connectivity index (χ0n) is 16.7. The van der Waals surface area contributed by atoms with Crippen molar-refractivity contribution in [3.8, 4) is 11.3 Å². The van der Waals surface area contributed by atoms with Crippen LogP contribution in [0.5, 0.6) is 0 Å². The maximum atomic E-state index is 13.6. The maximum Gasteiger partial charge on any atom is 0.254 e. The molecule has 0 aliphatic carbocycles. The molecule has 1 aliphatic rings. The molecule has 1 aromatic heterocycles. The molecule has 0 bridgehead atoms. The van der Waals surface area contributed by atoms with Gasteiger partial charge >= 0.3 is 0 Å². The monoisotopic (exact) mass is 392 g/mol. The number of aromatic nitrogens is 1. The van der Waals surface area contributed by atoms with Crippen LogP contribution in [-0.4, -0.2) is 28.9 Å². The van der Waals surface area contributed by atoms with E-state index < -0.39 is 0 Å². The number of hydrogen-bond acceptors (Lipinski definition) is 2. The van der Waals surface area contributed by atoms with Gasteiger partial charge in [0.25, 0.3) is 5.91 Å². The molecule has 0 spiro atoms. The maximum absolute atomic E-state index is 13.6. The Bertz CT molecular complexity index is 1070. The van der Waals surface area contributed by atoms with Crippen molar-refractivity contribution in [1.82, 2.24) is 9.88 Å². The Kier molecular flexibility index (Phi) is 5.11. The molecule has 2 heterocycles. The van der Waals surface area contributed by atoms with Crippen molar-refractivity contribution >= 4 is 28.4 Å². The fraction of sp³-hybridized carbons (Fsp3) is 0.333. The Hall–Kier alpha value is -2.39. The van der Waals surface area contributed by atoms with E-state index in [4.69, 9.17) is 16.6 Å². The van der Waals surface area contributed by atoms with Gasteiger partial charge in [0.15, 0.2) is 0 Å². The third kappa shape index (κ3) is 3.40. The van der Waals surface area contributed by atoms with Gasteiger partial charge in [-0.25, -0.2) is 4.98 Å². The highest BCUT2D eigenvalue weighted by Crippen LogP contribution is 2.33. The molecule has 0 N–H and O–H groups in total. The summed E-state index contributed by atoms with van der Waals surface area (Å²) < 4.78 is 0. The van der Waals surface area contributed by atoms with E-state index in [1.165, 1.54) is 6.42 Å². The van der Waals surface area contributed by atoms with Gasteiger partial charge in [0.2, 0.25) is 0 Å². The normalized spacial score (nSPS) is 14.5. The lowest BCUT2D eigenvalue weighted by molar-refractivity contribution is 0.0725. The molecule has 1 amide bonds. The molecule has 4 rings (SSSR count). The smallest absolute Gasteiger partial charge is 0.254 e. The predicted octanol–water partition coefficient (Wildman–Crippen LogP) is 6.11. The van der Waals surface area contributed by atoms with E-state index in [9.17, 15) is 4.79 Å². The molecular weight excluding hydrogens is 368 g/mol. The molecule has 0 unspecified atom stereocenters. The molecule has 1 aliphatic heterocycles. The Morgan fingerprint density at radius 1 is 1.04 bits per heavy atom. The molecule has 3 nitrogen and oxygen atoms in total. The van der Waals surface area contributed by atoms with Gasteiger partial charge in [0, 0.05) is 29.1 Å². The Balaban J connectivity index is 2.00. The van der Waals surface area contributed by atoms with Gasteiger partial charge in [-0.1, -0.05) is 35.4 Å². The van der Waals surface area contributed by atoms with Crippen LogP contribution >= 0.6 is 11.6 Å². The van der Waals surface area contributed by atoms with Crippen LogP contribution in [0.1, 0.15) is 46.3 Å². The van der Waals surface area contributed by atoms with Gasteiger partial charge in [-0.3, -0.25) is 4.79 Å². The van der Waals surface area contributed by atoms with Crippen molar-refractivity contribution in [3.63, 3.8) is 0 Å². The lowest BCUT2D eigenvalue weighted by Gasteiger charge is -2.28. The zero-order chi connectivity index (χ0) is 19.8. The van der Waals surface area contributed by atoms with Gasteiger partial charge in [-0.2, -0.15) is 0 Å². The lowest BCUT2D eigenvalue weighted by atomic mass is 9.94. The Morgan fingerprint density at radius 2 is 1.79 bits per heavy atom. The van der Waals surface area contributed by atoms with E-state index in [1.807, 2.05) is 36.1 Å². The summed E-state index contributed by atoms with van der Waals surface area (Å²) in [5.41, 5.74) is 6.62. The number of benzene rings is 2. The molecule has 0 saturated carbocycles. The molecule has 0 radical (unpaired) electrons. The first-order chi connectivity index (χ1) is 13.5. The number of hydrogen-bond donors (Lipinski definition) is 0. The summed E-state index contributed by atoms with van der Waals surface area (Å²) >= 11 is 6.24. The number of fused-ring (bicyclic) bond motifs is 1. The standard InChI is InChI=1S/C24H25ClN2O/c1-15-12-16(2)22-20(13-15)21(24(28)27-10-5-4-6-11-27)17(3)23(26-22)18-8-7-9-19(25)14-18/h7-9,12-14H,4-6,10-11H2,1-3H3.